The maximum Gasteiger partial charge on any atom is 0.187 e. The van der Waals surface area contributed by atoms with Crippen molar-refractivity contribution in [2.75, 3.05) is 26.2 Å². The van der Waals surface area contributed by atoms with Crippen LogP contribution in [0.2, 0.25) is 0 Å². The topological polar surface area (TPSA) is 46.2 Å². The molecule has 0 bridgehead atoms. The molecule has 5 atom stereocenters. The Balaban J connectivity index is 1.35. The molecule has 3 heterocycles. The van der Waals surface area contributed by atoms with Gasteiger partial charge in [0.1, 0.15) is 44.1 Å². The Morgan fingerprint density at radius 2 is 1.80 bits per heavy atom. The predicted molar refractivity (Wildman–Crippen MR) is 114 cm³/mol. The van der Waals surface area contributed by atoms with Gasteiger partial charge < -0.3 is 18.9 Å². The molecule has 3 aliphatic rings. The first-order valence-electron chi connectivity index (χ1n) is 11.6. The van der Waals surface area contributed by atoms with E-state index in [0.717, 1.165) is 32.5 Å². The monoisotopic (exact) mass is 420 g/mol. The maximum atomic E-state index is 6.56. The Bertz CT molecular complexity index is 675. The van der Waals surface area contributed by atoms with Gasteiger partial charge >= 0.3 is 0 Å². The molecule has 0 saturated carbocycles. The van der Waals surface area contributed by atoms with Gasteiger partial charge in [0.2, 0.25) is 0 Å². The number of ether oxygens (including phenoxy) is 4. The van der Waals surface area contributed by atoms with Crippen LogP contribution in [0.1, 0.15) is 52.5 Å². The Morgan fingerprint density at radius 3 is 2.50 bits per heavy atom. The van der Waals surface area contributed by atoms with Gasteiger partial charge in [0.25, 0.3) is 0 Å². The van der Waals surface area contributed by atoms with Gasteiger partial charge in [-0.25, -0.2) is 0 Å². The first-order valence-corrected chi connectivity index (χ1v) is 11.6. The summed E-state index contributed by atoms with van der Waals surface area (Å²) in [6, 6.07) is 10.5. The first kappa shape index (κ1) is 22.2. The summed E-state index contributed by atoms with van der Waals surface area (Å²) in [5.41, 5.74) is 1.33. The van der Waals surface area contributed by atoms with E-state index in [9.17, 15) is 0 Å². The Hall–Kier alpha value is -1.02. The second kappa shape index (κ2) is 9.23. The van der Waals surface area contributed by atoms with Crippen molar-refractivity contribution in [3.05, 3.63) is 35.9 Å². The van der Waals surface area contributed by atoms with Gasteiger partial charge in [0, 0.05) is 12.8 Å². The average Bonchev–Trinajstić information content (AvgIpc) is 3.40. The zero-order valence-electron chi connectivity index (χ0n) is 18.9. The van der Waals surface area contributed by atoms with Crippen LogP contribution in [0.15, 0.2) is 30.3 Å². The standard InChI is InChI=1S/C24H38NO5/c1-5-25(15-9-10-16-25)30-18(2)20-21-22(29-24(3,4)28-21)23(27-20)26-17-11-14-19-12-7-6-8-13-19/h6-8,12-13,18,20-23H,5,9-11,14-17H2,1-4H3/q+1/t18-,20-,21+,22+,23+/m1/s1. The number of rotatable bonds is 9. The van der Waals surface area contributed by atoms with E-state index in [2.05, 4.69) is 38.1 Å². The molecule has 1 aromatic carbocycles. The molecule has 6 heteroatoms. The molecule has 0 unspecified atom stereocenters. The van der Waals surface area contributed by atoms with Gasteiger partial charge in [-0.05, 0) is 46.1 Å². The molecule has 0 amide bonds. The van der Waals surface area contributed by atoms with Crippen molar-refractivity contribution in [1.29, 1.82) is 0 Å². The highest BCUT2D eigenvalue weighted by Crippen LogP contribution is 2.41. The van der Waals surface area contributed by atoms with Crippen molar-refractivity contribution < 1.29 is 28.4 Å². The maximum absolute atomic E-state index is 6.56. The van der Waals surface area contributed by atoms with Crippen molar-refractivity contribution in [3.63, 3.8) is 0 Å². The Labute approximate surface area is 180 Å². The fourth-order valence-electron chi connectivity index (χ4n) is 5.04. The lowest BCUT2D eigenvalue weighted by molar-refractivity contribution is -1.10. The van der Waals surface area contributed by atoms with Crippen LogP contribution >= 0.6 is 0 Å². The van der Waals surface area contributed by atoms with Gasteiger partial charge in [-0.1, -0.05) is 30.3 Å². The minimum Gasteiger partial charge on any atom is -0.350 e. The summed E-state index contributed by atoms with van der Waals surface area (Å²) in [6.45, 7) is 12.0. The lowest BCUT2D eigenvalue weighted by atomic mass is 10.1. The quantitative estimate of drug-likeness (QED) is 0.449. The van der Waals surface area contributed by atoms with Gasteiger partial charge in [0.05, 0.1) is 6.61 Å². The average molecular weight is 421 g/mol. The molecule has 0 aliphatic carbocycles. The van der Waals surface area contributed by atoms with E-state index in [1.165, 1.54) is 18.4 Å². The van der Waals surface area contributed by atoms with E-state index < -0.39 is 12.1 Å². The van der Waals surface area contributed by atoms with Crippen LogP contribution in [0, 0.1) is 0 Å². The number of likely N-dealkylation sites (tertiary alicyclic amines) is 1. The molecule has 6 nitrogen and oxygen atoms in total. The van der Waals surface area contributed by atoms with E-state index >= 15 is 0 Å². The van der Waals surface area contributed by atoms with E-state index in [0.29, 0.717) is 11.3 Å². The van der Waals surface area contributed by atoms with Crippen molar-refractivity contribution in [3.8, 4) is 0 Å². The number of fused-ring (bicyclic) bond motifs is 1. The van der Waals surface area contributed by atoms with E-state index in [1.807, 2.05) is 19.9 Å². The van der Waals surface area contributed by atoms with Gasteiger partial charge in [0.15, 0.2) is 12.1 Å². The van der Waals surface area contributed by atoms with Gasteiger partial charge in [-0.2, -0.15) is 9.48 Å². The van der Waals surface area contributed by atoms with Crippen LogP contribution < -0.4 is 0 Å². The SMILES string of the molecule is CC[N+]1(O[C@H](C)[C@H]2O[C@H](OCCCc3ccccc3)[C@H]3OC(C)(C)O[C@H]32)CCCC1. The second-order valence-electron chi connectivity index (χ2n) is 9.33. The number of quaternary nitrogens is 1. The highest BCUT2D eigenvalue weighted by molar-refractivity contribution is 5.14. The summed E-state index contributed by atoms with van der Waals surface area (Å²) >= 11 is 0. The molecular weight excluding hydrogens is 382 g/mol. The fourth-order valence-corrected chi connectivity index (χ4v) is 5.04. The zero-order chi connectivity index (χ0) is 21.2. The molecule has 0 aromatic heterocycles. The number of nitrogens with zero attached hydrogens (tertiary/aromatic N) is 1. The van der Waals surface area contributed by atoms with Gasteiger partial charge in [-0.15, -0.1) is 0 Å². The Morgan fingerprint density at radius 1 is 1.10 bits per heavy atom. The van der Waals surface area contributed by atoms with Gasteiger partial charge in [-0.3, -0.25) is 0 Å². The molecule has 3 saturated heterocycles. The molecule has 0 radical (unpaired) electrons. The highest BCUT2D eigenvalue weighted by atomic mass is 16.8. The molecule has 0 spiro atoms. The summed E-state index contributed by atoms with van der Waals surface area (Å²) in [5, 5.41) is 0. The van der Waals surface area contributed by atoms with E-state index in [-0.39, 0.29) is 24.4 Å². The number of benzene rings is 1. The predicted octanol–water partition coefficient (Wildman–Crippen LogP) is 3.83. The molecule has 4 rings (SSSR count). The van der Waals surface area contributed by atoms with Crippen LogP contribution in [0.3, 0.4) is 0 Å². The van der Waals surface area contributed by atoms with Crippen LogP contribution in [-0.4, -0.2) is 67.4 Å². The highest BCUT2D eigenvalue weighted by Gasteiger charge is 2.58. The lowest BCUT2D eigenvalue weighted by Gasteiger charge is -2.35. The lowest BCUT2D eigenvalue weighted by Crippen LogP contribution is -2.51. The number of hydrogen-bond donors (Lipinski definition) is 0. The van der Waals surface area contributed by atoms with Crippen molar-refractivity contribution in [2.24, 2.45) is 0 Å². The molecule has 0 N–H and O–H groups in total. The number of aryl methyl sites for hydroxylation is 1. The van der Waals surface area contributed by atoms with E-state index in [4.69, 9.17) is 23.8 Å². The third-order valence-corrected chi connectivity index (χ3v) is 6.59. The Kier molecular flexibility index (Phi) is 6.82. The minimum absolute atomic E-state index is 0.0917. The fraction of sp³-hybridized carbons (Fsp3) is 0.750. The van der Waals surface area contributed by atoms with Crippen molar-refractivity contribution in [1.82, 2.24) is 0 Å². The molecule has 30 heavy (non-hydrogen) atoms. The minimum atomic E-state index is -0.632. The third kappa shape index (κ3) is 4.90. The molecule has 3 fully saturated rings. The largest absolute Gasteiger partial charge is 0.350 e. The summed E-state index contributed by atoms with van der Waals surface area (Å²) in [5.74, 6) is -0.632. The normalized spacial score (nSPS) is 32.9. The summed E-state index contributed by atoms with van der Waals surface area (Å²) < 4.78 is 25.6. The van der Waals surface area contributed by atoms with Crippen molar-refractivity contribution >= 4 is 0 Å². The molecule has 168 valence electrons. The molecule has 3 aliphatic heterocycles. The summed E-state index contributed by atoms with van der Waals surface area (Å²) in [4.78, 5) is 6.56. The number of hydroxylamine groups is 3. The number of hydrogen-bond acceptors (Lipinski definition) is 5. The molecular formula is C24H38NO5+. The van der Waals surface area contributed by atoms with Crippen LogP contribution in [0.4, 0.5) is 0 Å². The van der Waals surface area contributed by atoms with Crippen LogP contribution in [0.5, 0.6) is 0 Å². The van der Waals surface area contributed by atoms with Crippen LogP contribution in [0.25, 0.3) is 0 Å². The second-order valence-corrected chi connectivity index (χ2v) is 9.33. The summed E-state index contributed by atoms with van der Waals surface area (Å²) in [6.07, 6.45) is 3.27. The summed E-state index contributed by atoms with van der Waals surface area (Å²) in [7, 11) is 0. The van der Waals surface area contributed by atoms with Crippen LogP contribution in [-0.2, 0) is 30.2 Å². The van der Waals surface area contributed by atoms with Crippen molar-refractivity contribution in [2.45, 2.75) is 89.9 Å². The molecule has 1 aromatic rings. The zero-order valence-corrected chi connectivity index (χ0v) is 18.9. The third-order valence-electron chi connectivity index (χ3n) is 6.59. The first-order chi connectivity index (χ1) is 14.4. The van der Waals surface area contributed by atoms with E-state index in [1.54, 1.807) is 0 Å². The smallest absolute Gasteiger partial charge is 0.187 e.